The summed E-state index contributed by atoms with van der Waals surface area (Å²) in [6.07, 6.45) is 2.51. The Morgan fingerprint density at radius 2 is 1.92 bits per heavy atom. The van der Waals surface area contributed by atoms with Gasteiger partial charge in [0.05, 0.1) is 0 Å². The van der Waals surface area contributed by atoms with Gasteiger partial charge in [-0.05, 0) is 39.8 Å². The molecule has 0 aromatic carbocycles. The first-order chi connectivity index (χ1) is 11.6. The van der Waals surface area contributed by atoms with Crippen LogP contribution in [0.15, 0.2) is 4.99 Å². The van der Waals surface area contributed by atoms with E-state index in [0.717, 1.165) is 25.6 Å². The predicted octanol–water partition coefficient (Wildman–Crippen LogP) is 2.24. The Hall–Kier alpha value is -0.570. The summed E-state index contributed by atoms with van der Waals surface area (Å²) in [6.45, 7) is 15.7. The number of likely N-dealkylation sites (N-methyl/N-ethyl adjacent to an activating group) is 2. The molecule has 1 N–H and O–H groups in total. The lowest BCUT2D eigenvalue weighted by Gasteiger charge is -2.62. The van der Waals surface area contributed by atoms with Crippen molar-refractivity contribution in [1.82, 2.24) is 20.0 Å². The van der Waals surface area contributed by atoms with Crippen LogP contribution in [0.4, 0.5) is 0 Å². The molecule has 2 fully saturated rings. The van der Waals surface area contributed by atoms with E-state index in [4.69, 9.17) is 0 Å². The molecule has 1 unspecified atom stereocenters. The number of nitrogens with zero attached hydrogens (tertiary/aromatic N) is 4. The zero-order valence-electron chi connectivity index (χ0n) is 17.6. The van der Waals surface area contributed by atoms with Gasteiger partial charge < -0.3 is 15.1 Å². The minimum atomic E-state index is 0. The lowest BCUT2D eigenvalue weighted by molar-refractivity contribution is -0.127. The first-order valence-corrected chi connectivity index (χ1v) is 9.60. The molecule has 0 aromatic heterocycles. The minimum Gasteiger partial charge on any atom is -0.355 e. The van der Waals surface area contributed by atoms with E-state index >= 15 is 0 Å². The minimum absolute atomic E-state index is 0. The van der Waals surface area contributed by atoms with Crippen molar-refractivity contribution in [2.24, 2.45) is 10.4 Å². The van der Waals surface area contributed by atoms with E-state index in [-0.39, 0.29) is 47.4 Å². The summed E-state index contributed by atoms with van der Waals surface area (Å²) in [5, 5.41) is 3.58. The van der Waals surface area contributed by atoms with E-state index < -0.39 is 0 Å². The van der Waals surface area contributed by atoms with Crippen molar-refractivity contribution in [1.29, 1.82) is 0 Å². The van der Waals surface area contributed by atoms with Gasteiger partial charge in [0, 0.05) is 44.2 Å². The molecule has 2 aliphatic heterocycles. The highest BCUT2D eigenvalue weighted by atomic mass is 127. The van der Waals surface area contributed by atoms with E-state index in [1.807, 2.05) is 0 Å². The fourth-order valence-corrected chi connectivity index (χ4v) is 3.67. The molecule has 6 nitrogen and oxygen atoms in total. The average Bonchev–Trinajstić information content (AvgIpc) is 3.00. The van der Waals surface area contributed by atoms with Crippen LogP contribution in [0, 0.1) is 5.41 Å². The summed E-state index contributed by atoms with van der Waals surface area (Å²) in [7, 11) is 3.55. The van der Waals surface area contributed by atoms with Crippen LogP contribution >= 0.6 is 24.0 Å². The van der Waals surface area contributed by atoms with Crippen molar-refractivity contribution in [2.75, 3.05) is 46.8 Å². The van der Waals surface area contributed by atoms with Crippen molar-refractivity contribution in [3.05, 3.63) is 0 Å². The Labute approximate surface area is 176 Å². The SMILES string of the molecule is CCN1CCCC1CNC(=NCC(=O)N(C)C)N1CC(C)(C)C1(C)C.I. The number of rotatable bonds is 5. The summed E-state index contributed by atoms with van der Waals surface area (Å²) in [5.74, 6) is 0.912. The van der Waals surface area contributed by atoms with Crippen LogP contribution in [0.1, 0.15) is 47.5 Å². The molecule has 2 saturated heterocycles. The number of nitrogens with one attached hydrogen (secondary N) is 1. The number of halogens is 1. The maximum Gasteiger partial charge on any atom is 0.243 e. The Bertz CT molecular complexity index is 518. The normalized spacial score (nSPS) is 24.7. The van der Waals surface area contributed by atoms with Gasteiger partial charge in [-0.25, -0.2) is 4.99 Å². The smallest absolute Gasteiger partial charge is 0.243 e. The number of carbonyl (C=O) groups excluding carboxylic acids is 1. The summed E-state index contributed by atoms with van der Waals surface area (Å²) in [5.41, 5.74) is 0.268. The number of aliphatic imine (C=N–C) groups is 1. The highest BCUT2D eigenvalue weighted by Gasteiger charge is 2.53. The van der Waals surface area contributed by atoms with Crippen LogP contribution in [0.3, 0.4) is 0 Å². The second-order valence-corrected chi connectivity index (χ2v) is 8.76. The molecule has 0 spiro atoms. The number of likely N-dealkylation sites (tertiary alicyclic amines) is 2. The molecule has 0 aromatic rings. The lowest BCUT2D eigenvalue weighted by atomic mass is 9.65. The van der Waals surface area contributed by atoms with Gasteiger partial charge in [-0.1, -0.05) is 20.8 Å². The van der Waals surface area contributed by atoms with Crippen LogP contribution in [0.2, 0.25) is 0 Å². The van der Waals surface area contributed by atoms with Crippen LogP contribution in [0.5, 0.6) is 0 Å². The zero-order valence-corrected chi connectivity index (χ0v) is 20.0. The summed E-state index contributed by atoms with van der Waals surface area (Å²) in [4.78, 5) is 23.1. The van der Waals surface area contributed by atoms with Crippen LogP contribution in [0.25, 0.3) is 0 Å². The van der Waals surface area contributed by atoms with Gasteiger partial charge in [0.15, 0.2) is 5.96 Å². The van der Waals surface area contributed by atoms with Crippen LogP contribution in [-0.2, 0) is 4.79 Å². The fraction of sp³-hybridized carbons (Fsp3) is 0.895. The molecule has 0 saturated carbocycles. The molecule has 1 atom stereocenters. The molecule has 26 heavy (non-hydrogen) atoms. The molecule has 0 aliphatic carbocycles. The number of carbonyl (C=O) groups is 1. The quantitative estimate of drug-likeness (QED) is 0.374. The van der Waals surface area contributed by atoms with Gasteiger partial charge in [0.2, 0.25) is 5.91 Å². The third kappa shape index (κ3) is 4.82. The number of hydrogen-bond donors (Lipinski definition) is 1. The van der Waals surface area contributed by atoms with Crippen LogP contribution in [-0.4, -0.2) is 85.0 Å². The summed E-state index contributed by atoms with van der Waals surface area (Å²) in [6, 6.07) is 0.567. The average molecular weight is 479 g/mol. The van der Waals surface area contributed by atoms with Gasteiger partial charge in [0.25, 0.3) is 0 Å². The van der Waals surface area contributed by atoms with Gasteiger partial charge in [-0.3, -0.25) is 9.69 Å². The number of hydrogen-bond acceptors (Lipinski definition) is 3. The third-order valence-corrected chi connectivity index (χ3v) is 6.40. The Morgan fingerprint density at radius 1 is 1.27 bits per heavy atom. The van der Waals surface area contributed by atoms with Crippen LogP contribution < -0.4 is 5.32 Å². The van der Waals surface area contributed by atoms with Crippen molar-refractivity contribution in [3.8, 4) is 0 Å². The standard InChI is InChI=1S/C19H37N5O.HI/c1-8-23-11-9-10-15(23)12-20-17(21-13-16(25)22(6)7)24-14-18(2,3)19(24,4)5;/h15H,8-14H2,1-7H3,(H,20,21);1H. The molecule has 7 heteroatoms. The van der Waals surface area contributed by atoms with Gasteiger partial charge >= 0.3 is 0 Å². The van der Waals surface area contributed by atoms with E-state index in [9.17, 15) is 4.79 Å². The molecule has 2 aliphatic rings. The number of guanidine groups is 1. The second-order valence-electron chi connectivity index (χ2n) is 8.76. The van der Waals surface area contributed by atoms with E-state index in [1.54, 1.807) is 19.0 Å². The molecule has 0 bridgehead atoms. The first-order valence-electron chi connectivity index (χ1n) is 9.60. The topological polar surface area (TPSA) is 51.2 Å². The van der Waals surface area contributed by atoms with Gasteiger partial charge in [0.1, 0.15) is 6.54 Å². The highest BCUT2D eigenvalue weighted by molar-refractivity contribution is 14.0. The highest BCUT2D eigenvalue weighted by Crippen LogP contribution is 2.46. The van der Waals surface area contributed by atoms with E-state index in [2.05, 4.69) is 54.7 Å². The Morgan fingerprint density at radius 3 is 2.42 bits per heavy atom. The summed E-state index contributed by atoms with van der Waals surface area (Å²) >= 11 is 0. The molecular weight excluding hydrogens is 441 g/mol. The van der Waals surface area contributed by atoms with Crippen molar-refractivity contribution >= 4 is 35.8 Å². The Balaban J connectivity index is 0.00000338. The maximum atomic E-state index is 12.0. The van der Waals surface area contributed by atoms with Crippen molar-refractivity contribution in [2.45, 2.75) is 59.0 Å². The molecule has 2 heterocycles. The third-order valence-electron chi connectivity index (χ3n) is 6.40. The molecule has 2 rings (SSSR count). The van der Waals surface area contributed by atoms with Crippen molar-refractivity contribution in [3.63, 3.8) is 0 Å². The molecule has 152 valence electrons. The van der Waals surface area contributed by atoms with E-state index in [1.165, 1.54) is 19.4 Å². The fourth-order valence-electron chi connectivity index (χ4n) is 3.67. The molecule has 1 amide bonds. The summed E-state index contributed by atoms with van der Waals surface area (Å²) < 4.78 is 0. The number of amides is 1. The van der Waals surface area contributed by atoms with Gasteiger partial charge in [-0.15, -0.1) is 24.0 Å². The van der Waals surface area contributed by atoms with E-state index in [0.29, 0.717) is 6.04 Å². The maximum absolute atomic E-state index is 12.0. The largest absolute Gasteiger partial charge is 0.355 e. The Kier molecular flexibility index (Phi) is 8.20. The predicted molar refractivity (Wildman–Crippen MR) is 119 cm³/mol. The first kappa shape index (κ1) is 23.5. The van der Waals surface area contributed by atoms with Gasteiger partial charge in [-0.2, -0.15) is 0 Å². The second kappa shape index (κ2) is 9.08. The molecule has 0 radical (unpaired) electrons. The zero-order chi connectivity index (χ0) is 18.8. The lowest BCUT2D eigenvalue weighted by Crippen LogP contribution is -2.72. The molecular formula is C19H38IN5O. The van der Waals surface area contributed by atoms with Crippen molar-refractivity contribution < 1.29 is 4.79 Å². The monoisotopic (exact) mass is 479 g/mol.